The average Bonchev–Trinajstić information content (AvgIpc) is 1.63. The number of allylic oxidation sites excluding steroid dienone is 1. The molecule has 0 unspecified atom stereocenters. The third kappa shape index (κ3) is 4.53. The highest BCUT2D eigenvalue weighted by atomic mass is 16.4. The van der Waals surface area contributed by atoms with Gasteiger partial charge in [-0.15, -0.1) is 0 Å². The predicted molar refractivity (Wildman–Crippen MR) is 28.4 cm³/mol. The summed E-state index contributed by atoms with van der Waals surface area (Å²) in [6.07, 6.45) is 0.937. The zero-order chi connectivity index (χ0) is 7.28. The molecule has 2 amide bonds. The van der Waals surface area contributed by atoms with Crippen molar-refractivity contribution in [1.82, 2.24) is 5.32 Å². The van der Waals surface area contributed by atoms with Crippen LogP contribution in [0.4, 0.5) is 4.79 Å². The first kappa shape index (κ1) is 7.68. The molecule has 0 aliphatic heterocycles. The third-order valence-corrected chi connectivity index (χ3v) is 0.543. The molecule has 4 heteroatoms. The van der Waals surface area contributed by atoms with Gasteiger partial charge in [-0.3, -0.25) is 4.79 Å². The fraction of sp³-hybridized carbons (Fsp3) is 0.200. The van der Waals surface area contributed by atoms with Gasteiger partial charge >= 0.3 is 0 Å². The Morgan fingerprint density at radius 2 is 2.11 bits per heavy atom. The number of hydrogen-bond donors (Lipinski definition) is 1. The molecule has 0 aliphatic rings. The van der Waals surface area contributed by atoms with Crippen molar-refractivity contribution in [2.24, 2.45) is 0 Å². The molecule has 0 spiro atoms. The number of nitrogens with one attached hydrogen (secondary N) is 1. The molecule has 0 aromatic carbocycles. The molecule has 0 saturated carbocycles. The van der Waals surface area contributed by atoms with E-state index in [9.17, 15) is 14.7 Å². The summed E-state index contributed by atoms with van der Waals surface area (Å²) in [6, 6.07) is 0. The van der Waals surface area contributed by atoms with Gasteiger partial charge in [-0.2, -0.15) is 0 Å². The second kappa shape index (κ2) is 3.65. The van der Waals surface area contributed by atoms with Crippen LogP contribution in [0, 0.1) is 0 Å². The van der Waals surface area contributed by atoms with E-state index >= 15 is 0 Å². The molecular weight excluding hydrogens is 122 g/mol. The van der Waals surface area contributed by atoms with Crippen molar-refractivity contribution >= 4 is 12.0 Å². The molecule has 1 N–H and O–H groups in total. The minimum atomic E-state index is -1.59. The lowest BCUT2D eigenvalue weighted by Gasteiger charge is -1.98. The number of hydrogen-bond acceptors (Lipinski definition) is 3. The highest BCUT2D eigenvalue weighted by molar-refractivity contribution is 5.97. The van der Waals surface area contributed by atoms with E-state index in [1.807, 2.05) is 0 Å². The molecule has 0 fully saturated rings. The standard InChI is InChI=1S/C5H7NO3/c1-2-3-4(7)6-5(8)9/h2-3H,1H3,(H,6,7)(H,8,9)/p-1/b3-2+. The molecular formula is C5H6NO3-. The number of amides is 2. The average molecular weight is 128 g/mol. The van der Waals surface area contributed by atoms with Gasteiger partial charge in [0.2, 0.25) is 5.91 Å². The van der Waals surface area contributed by atoms with Crippen LogP contribution >= 0.6 is 0 Å². The maximum absolute atomic E-state index is 10.2. The van der Waals surface area contributed by atoms with E-state index in [1.54, 1.807) is 6.92 Å². The molecule has 9 heavy (non-hydrogen) atoms. The van der Waals surface area contributed by atoms with Crippen molar-refractivity contribution in [2.45, 2.75) is 6.92 Å². The molecule has 0 aromatic heterocycles. The van der Waals surface area contributed by atoms with Crippen LogP contribution in [0.3, 0.4) is 0 Å². The van der Waals surface area contributed by atoms with Gasteiger partial charge in [0.1, 0.15) is 6.09 Å². The molecule has 0 atom stereocenters. The Labute approximate surface area is 52.2 Å². The highest BCUT2D eigenvalue weighted by Crippen LogP contribution is 1.69. The van der Waals surface area contributed by atoms with E-state index in [0.717, 1.165) is 6.08 Å². The first-order valence-corrected chi connectivity index (χ1v) is 2.31. The molecule has 4 nitrogen and oxygen atoms in total. The Balaban J connectivity index is 3.64. The van der Waals surface area contributed by atoms with Crippen LogP contribution in [0.2, 0.25) is 0 Å². The first-order valence-electron chi connectivity index (χ1n) is 2.31. The molecule has 50 valence electrons. The van der Waals surface area contributed by atoms with E-state index in [0.29, 0.717) is 0 Å². The SMILES string of the molecule is C/C=C/C(=O)NC(=O)[O-]. The number of imide groups is 1. The fourth-order valence-corrected chi connectivity index (χ4v) is 0.294. The zero-order valence-electron chi connectivity index (χ0n) is 4.88. The number of carboxylic acid groups (broad SMARTS) is 1. The Morgan fingerprint density at radius 1 is 1.56 bits per heavy atom. The van der Waals surface area contributed by atoms with E-state index in [2.05, 4.69) is 0 Å². The predicted octanol–water partition coefficient (Wildman–Crippen LogP) is -0.978. The molecule has 0 rings (SSSR count). The largest absolute Gasteiger partial charge is 0.530 e. The van der Waals surface area contributed by atoms with Gasteiger partial charge in [0, 0.05) is 0 Å². The van der Waals surface area contributed by atoms with Crippen molar-refractivity contribution in [3.8, 4) is 0 Å². The summed E-state index contributed by atoms with van der Waals surface area (Å²) in [7, 11) is 0. The van der Waals surface area contributed by atoms with E-state index < -0.39 is 12.0 Å². The Bertz CT molecular complexity index is 150. The van der Waals surface area contributed by atoms with Crippen LogP contribution in [0.5, 0.6) is 0 Å². The lowest BCUT2D eigenvalue weighted by Crippen LogP contribution is -2.39. The van der Waals surface area contributed by atoms with Crippen LogP contribution in [0.1, 0.15) is 6.92 Å². The van der Waals surface area contributed by atoms with Crippen molar-refractivity contribution in [1.29, 1.82) is 0 Å². The maximum Gasteiger partial charge on any atom is 0.248 e. The second-order valence-electron chi connectivity index (χ2n) is 1.28. The van der Waals surface area contributed by atoms with Gasteiger partial charge < -0.3 is 15.2 Å². The van der Waals surface area contributed by atoms with Gasteiger partial charge in [0.15, 0.2) is 0 Å². The van der Waals surface area contributed by atoms with Crippen molar-refractivity contribution < 1.29 is 14.7 Å². The fourth-order valence-electron chi connectivity index (χ4n) is 0.294. The Morgan fingerprint density at radius 3 is 2.44 bits per heavy atom. The summed E-state index contributed by atoms with van der Waals surface area (Å²) >= 11 is 0. The third-order valence-electron chi connectivity index (χ3n) is 0.543. The minimum absolute atomic E-state index is 0.683. The lowest BCUT2D eigenvalue weighted by atomic mass is 10.5. The van der Waals surface area contributed by atoms with Gasteiger partial charge in [0.05, 0.1) is 0 Å². The molecule has 0 aliphatic carbocycles. The van der Waals surface area contributed by atoms with Gasteiger partial charge in [-0.05, 0) is 13.0 Å². The van der Waals surface area contributed by atoms with Crippen LogP contribution in [0.25, 0.3) is 0 Å². The van der Waals surface area contributed by atoms with Crippen LogP contribution in [-0.2, 0) is 4.79 Å². The zero-order valence-corrected chi connectivity index (χ0v) is 4.88. The smallest absolute Gasteiger partial charge is 0.248 e. The van der Waals surface area contributed by atoms with Crippen LogP contribution in [-0.4, -0.2) is 12.0 Å². The van der Waals surface area contributed by atoms with Crippen molar-refractivity contribution in [3.63, 3.8) is 0 Å². The maximum atomic E-state index is 10.2. The Kier molecular flexibility index (Phi) is 3.12. The summed E-state index contributed by atoms with van der Waals surface area (Å²) in [4.78, 5) is 19.8. The summed E-state index contributed by atoms with van der Waals surface area (Å²) in [5.74, 6) is -0.683. The van der Waals surface area contributed by atoms with Gasteiger partial charge in [0.25, 0.3) is 0 Å². The van der Waals surface area contributed by atoms with Crippen LogP contribution < -0.4 is 10.4 Å². The summed E-state index contributed by atoms with van der Waals surface area (Å²) in [5.41, 5.74) is 0. The normalized spacial score (nSPS) is 9.44. The number of carbonyl (C=O) groups is 2. The molecule has 0 aromatic rings. The first-order chi connectivity index (χ1) is 4.16. The van der Waals surface area contributed by atoms with E-state index in [-0.39, 0.29) is 0 Å². The number of carbonyl (C=O) groups excluding carboxylic acids is 2. The molecule has 0 radical (unpaired) electrons. The van der Waals surface area contributed by atoms with Crippen LogP contribution in [0.15, 0.2) is 12.2 Å². The van der Waals surface area contributed by atoms with Gasteiger partial charge in [-0.25, -0.2) is 0 Å². The monoisotopic (exact) mass is 128 g/mol. The minimum Gasteiger partial charge on any atom is -0.530 e. The summed E-state index contributed by atoms with van der Waals surface area (Å²) in [5, 5.41) is 11.1. The second-order valence-corrected chi connectivity index (χ2v) is 1.28. The molecule has 0 saturated heterocycles. The quantitative estimate of drug-likeness (QED) is 0.461. The van der Waals surface area contributed by atoms with Crippen molar-refractivity contribution in [3.05, 3.63) is 12.2 Å². The Hall–Kier alpha value is -1.32. The molecule has 0 heterocycles. The van der Waals surface area contributed by atoms with Gasteiger partial charge in [-0.1, -0.05) is 6.08 Å². The van der Waals surface area contributed by atoms with Crippen molar-refractivity contribution in [2.75, 3.05) is 0 Å². The topological polar surface area (TPSA) is 69.2 Å². The molecule has 0 bridgehead atoms. The van der Waals surface area contributed by atoms with E-state index in [4.69, 9.17) is 0 Å². The number of rotatable bonds is 1. The highest BCUT2D eigenvalue weighted by Gasteiger charge is 1.89. The summed E-state index contributed by atoms with van der Waals surface area (Å²) < 4.78 is 0. The lowest BCUT2D eigenvalue weighted by molar-refractivity contribution is -0.249. The van der Waals surface area contributed by atoms with E-state index in [1.165, 1.54) is 11.4 Å². The summed E-state index contributed by atoms with van der Waals surface area (Å²) in [6.45, 7) is 1.61.